The number of benzene rings is 2. The van der Waals surface area contributed by atoms with Gasteiger partial charge in [0, 0.05) is 25.6 Å². The Balaban J connectivity index is 2.13. The molecule has 2 aromatic rings. The second-order valence-corrected chi connectivity index (χ2v) is 11.4. The summed E-state index contributed by atoms with van der Waals surface area (Å²) in [5.41, 5.74) is 3.63. The number of carbonyl (C=O) groups excluding carboxylic acids is 2. The Labute approximate surface area is 210 Å². The summed E-state index contributed by atoms with van der Waals surface area (Å²) < 4.78 is 26.4. The number of rotatable bonds is 12. The average molecular weight is 502 g/mol. The van der Waals surface area contributed by atoms with Gasteiger partial charge in [-0.1, -0.05) is 36.4 Å². The van der Waals surface area contributed by atoms with Crippen LogP contribution >= 0.6 is 0 Å². The summed E-state index contributed by atoms with van der Waals surface area (Å²) in [5.74, 6) is -0.365. The van der Waals surface area contributed by atoms with Gasteiger partial charge in [-0.2, -0.15) is 0 Å². The molecule has 0 aromatic heterocycles. The van der Waals surface area contributed by atoms with Crippen molar-refractivity contribution in [2.45, 2.75) is 66.0 Å². The van der Waals surface area contributed by atoms with E-state index in [0.29, 0.717) is 25.1 Å². The Kier molecular flexibility index (Phi) is 10.3. The molecule has 2 rings (SSSR count). The average Bonchev–Trinajstić information content (AvgIpc) is 2.75. The molecule has 192 valence electrons. The molecule has 0 fully saturated rings. The molecule has 7 nitrogen and oxygen atoms in total. The molecule has 8 heteroatoms. The van der Waals surface area contributed by atoms with Gasteiger partial charge in [0.2, 0.25) is 21.8 Å². The third-order valence-electron chi connectivity index (χ3n) is 5.73. The molecule has 0 saturated carbocycles. The standard InChI is InChI=1S/C27H39N3O4S/c1-20(2)28-27(32)23(5)29(16-14-24-11-8-7-9-12-24)26(31)13-10-15-30(35(6,33)34)25-18-21(3)17-22(4)19-25/h7-9,11-12,17-20,23H,10,13-16H2,1-6H3,(H,28,32). The molecule has 0 heterocycles. The largest absolute Gasteiger partial charge is 0.352 e. The molecule has 1 atom stereocenters. The second kappa shape index (κ2) is 12.7. The number of hydrogen-bond acceptors (Lipinski definition) is 4. The van der Waals surface area contributed by atoms with Crippen LogP contribution in [0.5, 0.6) is 0 Å². The Morgan fingerprint density at radius 1 is 0.943 bits per heavy atom. The van der Waals surface area contributed by atoms with E-state index in [1.165, 1.54) is 10.6 Å². The zero-order valence-electron chi connectivity index (χ0n) is 21.7. The molecule has 2 aromatic carbocycles. The van der Waals surface area contributed by atoms with Crippen molar-refractivity contribution in [1.82, 2.24) is 10.2 Å². The molecular formula is C27H39N3O4S. The maximum Gasteiger partial charge on any atom is 0.242 e. The molecule has 0 aliphatic carbocycles. The molecule has 0 aliphatic heterocycles. The Morgan fingerprint density at radius 3 is 2.09 bits per heavy atom. The minimum absolute atomic E-state index is 0.0304. The van der Waals surface area contributed by atoms with Crippen molar-refractivity contribution >= 4 is 27.5 Å². The third kappa shape index (κ3) is 9.02. The summed E-state index contributed by atoms with van der Waals surface area (Å²) >= 11 is 0. The number of aryl methyl sites for hydroxylation is 2. The molecule has 2 amide bonds. The first-order chi connectivity index (χ1) is 16.4. The van der Waals surface area contributed by atoms with Gasteiger partial charge in [-0.25, -0.2) is 8.42 Å². The van der Waals surface area contributed by atoms with Crippen LogP contribution in [0.2, 0.25) is 0 Å². The quantitative estimate of drug-likeness (QED) is 0.479. The maximum atomic E-state index is 13.3. The van der Waals surface area contributed by atoms with Crippen molar-refractivity contribution in [3.8, 4) is 0 Å². The van der Waals surface area contributed by atoms with Crippen LogP contribution in [0.1, 0.15) is 50.3 Å². The van der Waals surface area contributed by atoms with Gasteiger partial charge in [0.25, 0.3) is 0 Å². The first-order valence-electron chi connectivity index (χ1n) is 12.1. The molecule has 0 radical (unpaired) electrons. The molecule has 35 heavy (non-hydrogen) atoms. The van der Waals surface area contributed by atoms with Gasteiger partial charge in [0.05, 0.1) is 11.9 Å². The van der Waals surface area contributed by atoms with Crippen LogP contribution in [0, 0.1) is 13.8 Å². The van der Waals surface area contributed by atoms with E-state index in [-0.39, 0.29) is 30.8 Å². The number of amides is 2. The van der Waals surface area contributed by atoms with E-state index in [1.807, 2.05) is 76.2 Å². The van der Waals surface area contributed by atoms with Gasteiger partial charge in [0.1, 0.15) is 6.04 Å². The second-order valence-electron chi connectivity index (χ2n) is 9.45. The van der Waals surface area contributed by atoms with Crippen LogP contribution < -0.4 is 9.62 Å². The monoisotopic (exact) mass is 501 g/mol. The van der Waals surface area contributed by atoms with Crippen LogP contribution in [0.4, 0.5) is 5.69 Å². The first kappa shape index (κ1) is 28.4. The molecular weight excluding hydrogens is 462 g/mol. The van der Waals surface area contributed by atoms with E-state index in [4.69, 9.17) is 0 Å². The number of nitrogens with one attached hydrogen (secondary N) is 1. The SMILES string of the molecule is Cc1cc(C)cc(N(CCCC(=O)N(CCc2ccccc2)C(C)C(=O)NC(C)C)S(C)(=O)=O)c1. The highest BCUT2D eigenvalue weighted by molar-refractivity contribution is 7.92. The van der Waals surface area contributed by atoms with Crippen LogP contribution in [-0.4, -0.2) is 56.6 Å². The summed E-state index contributed by atoms with van der Waals surface area (Å²) in [7, 11) is -3.51. The highest BCUT2D eigenvalue weighted by Gasteiger charge is 2.26. The predicted molar refractivity (Wildman–Crippen MR) is 142 cm³/mol. The number of sulfonamides is 1. The van der Waals surface area contributed by atoms with Gasteiger partial charge in [-0.15, -0.1) is 0 Å². The zero-order valence-corrected chi connectivity index (χ0v) is 22.6. The van der Waals surface area contributed by atoms with Crippen molar-refractivity contribution in [3.63, 3.8) is 0 Å². The first-order valence-corrected chi connectivity index (χ1v) is 13.9. The van der Waals surface area contributed by atoms with E-state index >= 15 is 0 Å². The molecule has 0 bridgehead atoms. The third-order valence-corrected chi connectivity index (χ3v) is 6.92. The normalized spacial score (nSPS) is 12.3. The number of anilines is 1. The topological polar surface area (TPSA) is 86.8 Å². The lowest BCUT2D eigenvalue weighted by Crippen LogP contribution is -2.50. The Morgan fingerprint density at radius 2 is 1.54 bits per heavy atom. The van der Waals surface area contributed by atoms with Gasteiger partial charge >= 0.3 is 0 Å². The predicted octanol–water partition coefficient (Wildman–Crippen LogP) is 3.83. The van der Waals surface area contributed by atoms with Gasteiger partial charge < -0.3 is 10.2 Å². The van der Waals surface area contributed by atoms with Crippen LogP contribution in [0.3, 0.4) is 0 Å². The van der Waals surface area contributed by atoms with Crippen molar-refractivity contribution < 1.29 is 18.0 Å². The zero-order chi connectivity index (χ0) is 26.2. The number of nitrogens with zero attached hydrogens (tertiary/aromatic N) is 2. The highest BCUT2D eigenvalue weighted by atomic mass is 32.2. The minimum atomic E-state index is -3.51. The van der Waals surface area contributed by atoms with E-state index in [0.717, 1.165) is 16.7 Å². The van der Waals surface area contributed by atoms with Crippen LogP contribution in [0.25, 0.3) is 0 Å². The molecule has 0 aliphatic rings. The fraction of sp³-hybridized carbons (Fsp3) is 0.481. The van der Waals surface area contributed by atoms with Gasteiger partial charge in [-0.3, -0.25) is 13.9 Å². The summed E-state index contributed by atoms with van der Waals surface area (Å²) in [6, 6.07) is 14.8. The smallest absolute Gasteiger partial charge is 0.242 e. The lowest BCUT2D eigenvalue weighted by atomic mass is 10.1. The molecule has 1 unspecified atom stereocenters. The lowest BCUT2D eigenvalue weighted by molar-refractivity contribution is -0.140. The van der Waals surface area contributed by atoms with Crippen LogP contribution in [-0.2, 0) is 26.0 Å². The van der Waals surface area contributed by atoms with E-state index in [1.54, 1.807) is 11.8 Å². The number of carbonyl (C=O) groups is 2. The summed E-state index contributed by atoms with van der Waals surface area (Å²) in [5, 5.41) is 2.88. The summed E-state index contributed by atoms with van der Waals surface area (Å²) in [6.45, 7) is 9.94. The highest BCUT2D eigenvalue weighted by Crippen LogP contribution is 2.22. The van der Waals surface area contributed by atoms with Crippen molar-refractivity contribution in [3.05, 3.63) is 65.2 Å². The Hall–Kier alpha value is -2.87. The fourth-order valence-corrected chi connectivity index (χ4v) is 5.02. The van der Waals surface area contributed by atoms with Gasteiger partial charge in [-0.05, 0) is 76.3 Å². The van der Waals surface area contributed by atoms with Crippen molar-refractivity contribution in [2.24, 2.45) is 0 Å². The number of hydrogen-bond donors (Lipinski definition) is 1. The molecule has 1 N–H and O–H groups in total. The van der Waals surface area contributed by atoms with Crippen molar-refractivity contribution in [1.29, 1.82) is 0 Å². The minimum Gasteiger partial charge on any atom is -0.352 e. The van der Waals surface area contributed by atoms with Gasteiger partial charge in [0.15, 0.2) is 0 Å². The molecule has 0 spiro atoms. The van der Waals surface area contributed by atoms with Crippen molar-refractivity contribution in [2.75, 3.05) is 23.7 Å². The van der Waals surface area contributed by atoms with E-state index < -0.39 is 16.1 Å². The summed E-state index contributed by atoms with van der Waals surface area (Å²) in [6.07, 6.45) is 2.30. The molecule has 0 saturated heterocycles. The lowest BCUT2D eigenvalue weighted by Gasteiger charge is -2.30. The maximum absolute atomic E-state index is 13.3. The summed E-state index contributed by atoms with van der Waals surface area (Å²) in [4.78, 5) is 27.5. The van der Waals surface area contributed by atoms with E-state index in [2.05, 4.69) is 5.32 Å². The van der Waals surface area contributed by atoms with E-state index in [9.17, 15) is 18.0 Å². The fourth-order valence-electron chi connectivity index (χ4n) is 4.07. The Bertz CT molecular complexity index is 1080. The van der Waals surface area contributed by atoms with Crippen LogP contribution in [0.15, 0.2) is 48.5 Å².